The van der Waals surface area contributed by atoms with Crippen LogP contribution in [-0.4, -0.2) is 18.0 Å². The van der Waals surface area contributed by atoms with Gasteiger partial charge >= 0.3 is 0 Å². The molecule has 0 aliphatic carbocycles. The van der Waals surface area contributed by atoms with Crippen molar-refractivity contribution in [3.63, 3.8) is 0 Å². The summed E-state index contributed by atoms with van der Waals surface area (Å²) in [6.07, 6.45) is 0.321. The Morgan fingerprint density at radius 2 is 1.89 bits per heavy atom. The lowest BCUT2D eigenvalue weighted by Gasteiger charge is -2.06. The predicted molar refractivity (Wildman–Crippen MR) is 115 cm³/mol. The van der Waals surface area contributed by atoms with Crippen LogP contribution in [0, 0.1) is 6.92 Å². The van der Waals surface area contributed by atoms with Crippen LogP contribution in [0.15, 0.2) is 66.0 Å². The lowest BCUT2D eigenvalue weighted by atomic mass is 10.1. The minimum atomic E-state index is -0.0675. The van der Waals surface area contributed by atoms with Crippen molar-refractivity contribution in [2.24, 2.45) is 0 Å². The monoisotopic (exact) mass is 388 g/mol. The van der Waals surface area contributed by atoms with Gasteiger partial charge in [-0.25, -0.2) is 4.98 Å². The highest BCUT2D eigenvalue weighted by Crippen LogP contribution is 2.29. The zero-order chi connectivity index (χ0) is 19.5. The number of benzene rings is 3. The normalized spacial score (nSPS) is 10.8. The number of methoxy groups -OCH3 is 1. The molecule has 5 heteroatoms. The molecule has 0 fully saturated rings. The SMILES string of the molecule is COc1ccc(-c2csc(NC(=O)Cc3ccc4ccccc4c3)n2)cc1C. The summed E-state index contributed by atoms with van der Waals surface area (Å²) in [7, 11) is 1.66. The fourth-order valence-corrected chi connectivity index (χ4v) is 3.93. The maximum absolute atomic E-state index is 12.4. The summed E-state index contributed by atoms with van der Waals surface area (Å²) in [6.45, 7) is 2.00. The standard InChI is InChI=1S/C23H20N2O2S/c1-15-11-19(9-10-21(15)27-2)20-14-28-23(24-20)25-22(26)13-16-7-8-17-5-3-4-6-18(17)12-16/h3-12,14H,13H2,1-2H3,(H,24,25,26). The Kier molecular flexibility index (Phi) is 5.08. The number of aromatic nitrogens is 1. The van der Waals surface area contributed by atoms with Crippen molar-refractivity contribution in [2.75, 3.05) is 12.4 Å². The van der Waals surface area contributed by atoms with Crippen LogP contribution in [0.1, 0.15) is 11.1 Å². The van der Waals surface area contributed by atoms with Crippen molar-refractivity contribution < 1.29 is 9.53 Å². The Morgan fingerprint density at radius 3 is 2.68 bits per heavy atom. The van der Waals surface area contributed by atoms with Crippen LogP contribution in [0.3, 0.4) is 0 Å². The summed E-state index contributed by atoms with van der Waals surface area (Å²) >= 11 is 1.43. The first-order valence-corrected chi connectivity index (χ1v) is 9.88. The van der Waals surface area contributed by atoms with Crippen molar-refractivity contribution in [2.45, 2.75) is 13.3 Å². The maximum atomic E-state index is 12.4. The molecule has 4 aromatic rings. The van der Waals surface area contributed by atoms with E-state index in [4.69, 9.17) is 4.74 Å². The van der Waals surface area contributed by atoms with Gasteiger partial charge in [0.25, 0.3) is 0 Å². The molecule has 0 aliphatic heterocycles. The van der Waals surface area contributed by atoms with Crippen molar-refractivity contribution in [1.29, 1.82) is 0 Å². The second-order valence-corrected chi connectivity index (χ2v) is 7.49. The zero-order valence-electron chi connectivity index (χ0n) is 15.7. The largest absolute Gasteiger partial charge is 0.496 e. The van der Waals surface area contributed by atoms with E-state index in [0.717, 1.165) is 33.5 Å². The molecule has 0 atom stereocenters. The maximum Gasteiger partial charge on any atom is 0.230 e. The van der Waals surface area contributed by atoms with Crippen molar-refractivity contribution in [3.05, 3.63) is 77.2 Å². The molecule has 0 saturated carbocycles. The number of ether oxygens (including phenoxy) is 1. The summed E-state index contributed by atoms with van der Waals surface area (Å²) in [4.78, 5) is 17.0. The molecular formula is C23H20N2O2S. The second kappa shape index (κ2) is 7.82. The van der Waals surface area contributed by atoms with E-state index in [0.29, 0.717) is 11.6 Å². The number of anilines is 1. The molecule has 3 aromatic carbocycles. The van der Waals surface area contributed by atoms with Crippen LogP contribution in [0.4, 0.5) is 5.13 Å². The summed E-state index contributed by atoms with van der Waals surface area (Å²) < 4.78 is 5.30. The third-order valence-corrected chi connectivity index (χ3v) is 5.38. The van der Waals surface area contributed by atoms with Gasteiger partial charge in [-0.2, -0.15) is 0 Å². The number of aryl methyl sites for hydroxylation is 1. The average Bonchev–Trinajstić information content (AvgIpc) is 3.16. The zero-order valence-corrected chi connectivity index (χ0v) is 16.5. The first-order valence-electron chi connectivity index (χ1n) is 9.00. The van der Waals surface area contributed by atoms with E-state index in [1.54, 1.807) is 7.11 Å². The minimum absolute atomic E-state index is 0.0675. The lowest BCUT2D eigenvalue weighted by Crippen LogP contribution is -2.14. The van der Waals surface area contributed by atoms with Gasteiger partial charge in [0, 0.05) is 10.9 Å². The molecule has 0 unspecified atom stereocenters. The summed E-state index contributed by atoms with van der Waals surface area (Å²) in [6, 6.07) is 20.2. The highest BCUT2D eigenvalue weighted by molar-refractivity contribution is 7.14. The average molecular weight is 388 g/mol. The molecule has 140 valence electrons. The third-order valence-electron chi connectivity index (χ3n) is 4.62. The fourth-order valence-electron chi connectivity index (χ4n) is 3.20. The molecule has 4 rings (SSSR count). The first kappa shape index (κ1) is 18.2. The number of fused-ring (bicyclic) bond motifs is 1. The molecule has 1 aromatic heterocycles. The third kappa shape index (κ3) is 3.89. The van der Waals surface area contributed by atoms with E-state index >= 15 is 0 Å². The van der Waals surface area contributed by atoms with Gasteiger partial charge in [0.15, 0.2) is 5.13 Å². The van der Waals surface area contributed by atoms with Gasteiger partial charge in [0.1, 0.15) is 5.75 Å². The second-order valence-electron chi connectivity index (χ2n) is 6.63. The Hall–Kier alpha value is -3.18. The highest BCUT2D eigenvalue weighted by Gasteiger charge is 2.10. The number of carbonyl (C=O) groups is 1. The van der Waals surface area contributed by atoms with E-state index in [1.165, 1.54) is 16.7 Å². The van der Waals surface area contributed by atoms with Gasteiger partial charge < -0.3 is 10.1 Å². The lowest BCUT2D eigenvalue weighted by molar-refractivity contribution is -0.115. The number of thiazole rings is 1. The Balaban J connectivity index is 1.45. The van der Waals surface area contributed by atoms with Gasteiger partial charge in [-0.15, -0.1) is 11.3 Å². The predicted octanol–water partition coefficient (Wildman–Crippen LogP) is 5.46. The minimum Gasteiger partial charge on any atom is -0.496 e. The van der Waals surface area contributed by atoms with Crippen molar-refractivity contribution in [3.8, 4) is 17.0 Å². The van der Waals surface area contributed by atoms with Crippen LogP contribution in [0.25, 0.3) is 22.0 Å². The van der Waals surface area contributed by atoms with Crippen molar-refractivity contribution >= 4 is 33.1 Å². The quantitative estimate of drug-likeness (QED) is 0.494. The Labute approximate surface area is 167 Å². The molecule has 0 aliphatic rings. The number of nitrogens with one attached hydrogen (secondary N) is 1. The molecule has 1 amide bonds. The van der Waals surface area contributed by atoms with Gasteiger partial charge in [0.05, 0.1) is 19.2 Å². The smallest absolute Gasteiger partial charge is 0.230 e. The summed E-state index contributed by atoms with van der Waals surface area (Å²) in [5, 5.41) is 7.78. The van der Waals surface area contributed by atoms with E-state index in [9.17, 15) is 4.79 Å². The van der Waals surface area contributed by atoms with Crippen LogP contribution in [-0.2, 0) is 11.2 Å². The molecule has 4 nitrogen and oxygen atoms in total. The van der Waals surface area contributed by atoms with Crippen LogP contribution in [0.5, 0.6) is 5.75 Å². The summed E-state index contributed by atoms with van der Waals surface area (Å²) in [5.41, 5.74) is 3.88. The van der Waals surface area contributed by atoms with Crippen LogP contribution in [0.2, 0.25) is 0 Å². The number of hydrogen-bond donors (Lipinski definition) is 1. The van der Waals surface area contributed by atoms with E-state index in [1.807, 2.05) is 54.8 Å². The van der Waals surface area contributed by atoms with Gasteiger partial charge in [0.2, 0.25) is 5.91 Å². The van der Waals surface area contributed by atoms with Gasteiger partial charge in [-0.3, -0.25) is 4.79 Å². The van der Waals surface area contributed by atoms with Crippen molar-refractivity contribution in [1.82, 2.24) is 4.98 Å². The molecule has 0 radical (unpaired) electrons. The van der Waals surface area contributed by atoms with Gasteiger partial charge in [-0.1, -0.05) is 42.5 Å². The molecular weight excluding hydrogens is 368 g/mol. The molecule has 0 saturated heterocycles. The van der Waals surface area contributed by atoms with Crippen LogP contribution >= 0.6 is 11.3 Å². The Morgan fingerprint density at radius 1 is 1.07 bits per heavy atom. The number of hydrogen-bond acceptors (Lipinski definition) is 4. The Bertz CT molecular complexity index is 1150. The van der Waals surface area contributed by atoms with E-state index in [-0.39, 0.29) is 5.91 Å². The number of nitrogens with zero attached hydrogens (tertiary/aromatic N) is 1. The summed E-state index contributed by atoms with van der Waals surface area (Å²) in [5.74, 6) is 0.782. The molecule has 28 heavy (non-hydrogen) atoms. The molecule has 0 bridgehead atoms. The molecule has 1 heterocycles. The van der Waals surface area contributed by atoms with Crippen LogP contribution < -0.4 is 10.1 Å². The van der Waals surface area contributed by atoms with E-state index in [2.05, 4.69) is 28.5 Å². The number of rotatable bonds is 5. The highest BCUT2D eigenvalue weighted by atomic mass is 32.1. The topological polar surface area (TPSA) is 51.2 Å². The fraction of sp³-hybridized carbons (Fsp3) is 0.130. The number of amides is 1. The molecule has 1 N–H and O–H groups in total. The number of carbonyl (C=O) groups excluding carboxylic acids is 1. The van der Waals surface area contributed by atoms with E-state index < -0.39 is 0 Å². The van der Waals surface area contributed by atoms with Gasteiger partial charge in [-0.05, 0) is 47.0 Å². The molecule has 0 spiro atoms. The first-order chi connectivity index (χ1) is 13.6.